The quantitative estimate of drug-likeness (QED) is 0.184. The molecule has 2 aliphatic carbocycles. The predicted molar refractivity (Wildman–Crippen MR) is 165 cm³/mol. The van der Waals surface area contributed by atoms with Crippen molar-refractivity contribution in [3.63, 3.8) is 0 Å². The van der Waals surface area contributed by atoms with Gasteiger partial charge in [0.05, 0.1) is 36.0 Å². The maximum atomic E-state index is 15.0. The molecule has 2 aliphatic heterocycles. The van der Waals surface area contributed by atoms with Crippen LogP contribution < -0.4 is 10.2 Å². The molecule has 1 saturated carbocycles. The number of allylic oxidation sites excluding steroid dienone is 2. The predicted octanol–water partition coefficient (Wildman–Crippen LogP) is 5.33. The summed E-state index contributed by atoms with van der Waals surface area (Å²) in [5, 5.41) is 23.5. The van der Waals surface area contributed by atoms with Crippen molar-refractivity contribution in [1.29, 1.82) is 0 Å². The van der Waals surface area contributed by atoms with Gasteiger partial charge in [-0.25, -0.2) is 4.39 Å². The monoisotopic (exact) mass is 709 g/mol. The fraction of sp³-hybridized carbons (Fsp3) is 0.273. The molecule has 13 heteroatoms. The van der Waals surface area contributed by atoms with Crippen molar-refractivity contribution in [2.24, 2.45) is 23.7 Å². The maximum Gasteiger partial charge on any atom is 0.260 e. The Bertz CT molecular complexity index is 1850. The van der Waals surface area contributed by atoms with Gasteiger partial charge in [-0.05, 0) is 72.9 Å². The third-order valence-electron chi connectivity index (χ3n) is 9.83. The zero-order valence-corrected chi connectivity index (χ0v) is 26.5. The molecule has 3 fully saturated rings. The number of carbonyl (C=O) groups is 4. The highest BCUT2D eigenvalue weighted by atomic mass is 79.9. The molecule has 0 spiro atoms. The number of hydrazine groups is 1. The molecular formula is C33H26BrClFN3O7. The number of anilines is 1. The minimum Gasteiger partial charge on any atom is -0.504 e. The number of fused-ring (bicyclic) bond motifs is 4. The molecule has 0 radical (unpaired) electrons. The average molecular weight is 711 g/mol. The number of phenolic OH excluding ortho intramolecular Hbond substituents is 1. The lowest BCUT2D eigenvalue weighted by Gasteiger charge is -2.50. The van der Waals surface area contributed by atoms with Gasteiger partial charge in [0.15, 0.2) is 11.5 Å². The molecule has 6 atom stereocenters. The Balaban J connectivity index is 1.51. The van der Waals surface area contributed by atoms with E-state index in [0.29, 0.717) is 20.6 Å². The van der Waals surface area contributed by atoms with Crippen LogP contribution in [-0.2, 0) is 24.6 Å². The number of methoxy groups -OCH3 is 1. The summed E-state index contributed by atoms with van der Waals surface area (Å²) >= 11 is 9.77. The molecule has 3 aromatic carbocycles. The standard InChI is InChI=1S/C33H26BrClFN3O7/c1-46-25-13-16(34)12-23(28(25)40)27-20-10-11-21-26(31(43)39(45)29(21)41)22(20)14-24-30(42)38(37-19-8-6-18(36)7-9-19)32(44)33(24,27)15-2-4-17(35)5-3-15/h2-10,12-13,21-22,24,26-27,37,40,45H,11,14H2,1H3. The van der Waals surface area contributed by atoms with Crippen LogP contribution in [0.3, 0.4) is 0 Å². The summed E-state index contributed by atoms with van der Waals surface area (Å²) in [7, 11) is 1.38. The van der Waals surface area contributed by atoms with E-state index in [9.17, 15) is 29.1 Å². The number of rotatable bonds is 5. The lowest BCUT2D eigenvalue weighted by Crippen LogP contribution is -2.53. The molecule has 2 saturated heterocycles. The first-order valence-corrected chi connectivity index (χ1v) is 15.7. The molecule has 6 unspecified atom stereocenters. The molecule has 4 amide bonds. The number of hydrogen-bond donors (Lipinski definition) is 3. The van der Waals surface area contributed by atoms with Gasteiger partial charge in [-0.2, -0.15) is 10.1 Å². The molecule has 2 heterocycles. The Kier molecular flexibility index (Phi) is 7.22. The van der Waals surface area contributed by atoms with Crippen molar-refractivity contribution in [2.45, 2.75) is 24.2 Å². The van der Waals surface area contributed by atoms with E-state index in [0.717, 1.165) is 5.01 Å². The van der Waals surface area contributed by atoms with Crippen LogP contribution in [0.2, 0.25) is 5.02 Å². The summed E-state index contributed by atoms with van der Waals surface area (Å²) in [5.41, 5.74) is 2.72. The Morgan fingerprint density at radius 2 is 1.70 bits per heavy atom. The number of hydroxylamine groups is 2. The van der Waals surface area contributed by atoms with Gasteiger partial charge >= 0.3 is 0 Å². The van der Waals surface area contributed by atoms with Crippen LogP contribution in [0.5, 0.6) is 11.5 Å². The molecule has 10 nitrogen and oxygen atoms in total. The van der Waals surface area contributed by atoms with Crippen LogP contribution >= 0.6 is 27.5 Å². The van der Waals surface area contributed by atoms with Crippen LogP contribution in [0.15, 0.2) is 76.8 Å². The van der Waals surface area contributed by atoms with E-state index in [1.807, 2.05) is 0 Å². The van der Waals surface area contributed by atoms with E-state index in [4.69, 9.17) is 16.3 Å². The number of ether oxygens (including phenoxy) is 1. The minimum atomic E-state index is -1.68. The number of halogens is 3. The molecular weight excluding hydrogens is 685 g/mol. The van der Waals surface area contributed by atoms with Gasteiger partial charge in [-0.1, -0.05) is 51.3 Å². The number of phenols is 1. The maximum absolute atomic E-state index is 15.0. The highest BCUT2D eigenvalue weighted by molar-refractivity contribution is 9.10. The Labute approximate surface area is 275 Å². The Morgan fingerprint density at radius 1 is 1.00 bits per heavy atom. The van der Waals surface area contributed by atoms with Crippen molar-refractivity contribution < 1.29 is 38.6 Å². The van der Waals surface area contributed by atoms with E-state index < -0.39 is 64.5 Å². The lowest BCUT2D eigenvalue weighted by molar-refractivity contribution is -0.173. The third kappa shape index (κ3) is 4.23. The van der Waals surface area contributed by atoms with Gasteiger partial charge < -0.3 is 9.84 Å². The second-order valence-electron chi connectivity index (χ2n) is 11.9. The highest BCUT2D eigenvalue weighted by Crippen LogP contribution is 2.65. The topological polar surface area (TPSA) is 136 Å². The zero-order valence-electron chi connectivity index (χ0n) is 24.1. The number of nitrogens with one attached hydrogen (secondary N) is 1. The van der Waals surface area contributed by atoms with Crippen molar-refractivity contribution in [3.05, 3.63) is 98.8 Å². The van der Waals surface area contributed by atoms with E-state index in [-0.39, 0.29) is 40.7 Å². The zero-order chi connectivity index (χ0) is 32.7. The number of aromatic hydroxyl groups is 1. The number of nitrogens with zero attached hydrogens (tertiary/aromatic N) is 2. The second kappa shape index (κ2) is 10.9. The first-order valence-electron chi connectivity index (χ1n) is 14.5. The molecule has 7 rings (SSSR count). The van der Waals surface area contributed by atoms with Crippen molar-refractivity contribution in [3.8, 4) is 11.5 Å². The van der Waals surface area contributed by atoms with E-state index in [1.54, 1.807) is 42.5 Å². The van der Waals surface area contributed by atoms with E-state index >= 15 is 4.79 Å². The fourth-order valence-corrected chi connectivity index (χ4v) is 8.53. The number of hydrogen-bond acceptors (Lipinski definition) is 8. The summed E-state index contributed by atoms with van der Waals surface area (Å²) in [6.45, 7) is 0. The fourth-order valence-electron chi connectivity index (χ4n) is 7.95. The van der Waals surface area contributed by atoms with Gasteiger partial charge in [0.25, 0.3) is 23.6 Å². The van der Waals surface area contributed by atoms with Gasteiger partial charge in [0.1, 0.15) is 5.82 Å². The highest BCUT2D eigenvalue weighted by Gasteiger charge is 2.70. The molecule has 3 N–H and O–H groups in total. The van der Waals surface area contributed by atoms with E-state index in [1.165, 1.54) is 31.4 Å². The summed E-state index contributed by atoms with van der Waals surface area (Å²) < 4.78 is 19.7. The van der Waals surface area contributed by atoms with Gasteiger partial charge in [0.2, 0.25) is 0 Å². The Hall–Kier alpha value is -4.26. The Morgan fingerprint density at radius 3 is 2.37 bits per heavy atom. The average Bonchev–Trinajstić information content (AvgIpc) is 3.40. The first-order chi connectivity index (χ1) is 22.0. The number of amides is 4. The number of carbonyl (C=O) groups excluding carboxylic acids is 4. The normalized spacial score (nSPS) is 28.5. The molecule has 3 aromatic rings. The van der Waals surface area contributed by atoms with Gasteiger partial charge in [-0.3, -0.25) is 29.8 Å². The lowest BCUT2D eigenvalue weighted by atomic mass is 9.49. The molecule has 4 aliphatic rings. The smallest absolute Gasteiger partial charge is 0.260 e. The summed E-state index contributed by atoms with van der Waals surface area (Å²) in [6.07, 6.45) is 1.87. The van der Waals surface area contributed by atoms with Crippen molar-refractivity contribution in [2.75, 3.05) is 12.5 Å². The van der Waals surface area contributed by atoms with Crippen LogP contribution in [0.25, 0.3) is 0 Å². The van der Waals surface area contributed by atoms with Crippen LogP contribution in [0.1, 0.15) is 29.9 Å². The van der Waals surface area contributed by atoms with E-state index in [2.05, 4.69) is 21.4 Å². The first kappa shape index (κ1) is 30.4. The summed E-state index contributed by atoms with van der Waals surface area (Å²) in [4.78, 5) is 55.8. The van der Waals surface area contributed by atoms with Gasteiger partial charge in [0, 0.05) is 21.0 Å². The van der Waals surface area contributed by atoms with Crippen molar-refractivity contribution in [1.82, 2.24) is 10.1 Å². The summed E-state index contributed by atoms with van der Waals surface area (Å²) in [5.74, 6) is -8.16. The minimum absolute atomic E-state index is 0.0168. The molecule has 0 aromatic heterocycles. The number of benzene rings is 3. The third-order valence-corrected chi connectivity index (χ3v) is 10.5. The molecule has 46 heavy (non-hydrogen) atoms. The van der Waals surface area contributed by atoms with Crippen molar-refractivity contribution >= 4 is 56.8 Å². The largest absolute Gasteiger partial charge is 0.504 e. The number of imide groups is 2. The molecule has 236 valence electrons. The summed E-state index contributed by atoms with van der Waals surface area (Å²) in [6, 6.07) is 14.9. The SMILES string of the molecule is COc1cc(Br)cc(C2C3=CCC4C(=O)N(O)C(=O)C4C3CC3C(=O)N(Nc4ccc(F)cc4)C(=O)C32c2ccc(Cl)cc2)c1O. The molecule has 0 bridgehead atoms. The second-order valence-corrected chi connectivity index (χ2v) is 13.3. The van der Waals surface area contributed by atoms with Crippen LogP contribution in [0.4, 0.5) is 10.1 Å². The van der Waals surface area contributed by atoms with Crippen LogP contribution in [0, 0.1) is 29.5 Å². The van der Waals surface area contributed by atoms with Gasteiger partial charge in [-0.15, -0.1) is 0 Å². The van der Waals surface area contributed by atoms with Crippen LogP contribution in [-0.4, -0.2) is 51.1 Å².